The lowest BCUT2D eigenvalue weighted by molar-refractivity contribution is -0.141. The van der Waals surface area contributed by atoms with Crippen LogP contribution >= 0.6 is 23.2 Å². The Morgan fingerprint density at radius 3 is 2.45 bits per heavy atom. The highest BCUT2D eigenvalue weighted by atomic mass is 35.5. The largest absolute Gasteiger partial charge is 0.477 e. The number of ether oxygens (including phenoxy) is 2. The minimum absolute atomic E-state index is 0.316. The van der Waals surface area contributed by atoms with Crippen molar-refractivity contribution in [2.75, 3.05) is 5.32 Å². The average Bonchev–Trinajstić information content (AvgIpc) is 2.63. The van der Waals surface area contributed by atoms with Gasteiger partial charge in [0.1, 0.15) is 11.5 Å². The number of esters is 1. The van der Waals surface area contributed by atoms with Gasteiger partial charge in [0.2, 0.25) is 5.95 Å². The third kappa shape index (κ3) is 5.82. The molecule has 150 valence electrons. The molecule has 0 bridgehead atoms. The van der Waals surface area contributed by atoms with Crippen LogP contribution in [0.1, 0.15) is 18.3 Å². The molecule has 0 fully saturated rings. The summed E-state index contributed by atoms with van der Waals surface area (Å²) in [5.41, 5.74) is 2.40. The van der Waals surface area contributed by atoms with E-state index >= 15 is 0 Å². The molecule has 0 saturated heterocycles. The van der Waals surface area contributed by atoms with E-state index < -0.39 is 12.1 Å². The summed E-state index contributed by atoms with van der Waals surface area (Å²) < 4.78 is 11.0. The zero-order valence-electron chi connectivity index (χ0n) is 16.1. The van der Waals surface area contributed by atoms with Gasteiger partial charge in [0.05, 0.1) is 5.02 Å². The van der Waals surface area contributed by atoms with Crippen LogP contribution in [-0.4, -0.2) is 22.0 Å². The summed E-state index contributed by atoms with van der Waals surface area (Å²) in [6.45, 7) is 5.37. The van der Waals surface area contributed by atoms with E-state index in [0.717, 1.165) is 11.4 Å². The Hall–Kier alpha value is -2.83. The van der Waals surface area contributed by atoms with E-state index in [1.165, 1.54) is 0 Å². The highest BCUT2D eigenvalue weighted by molar-refractivity contribution is 6.35. The standard InChI is InChI=1S/C21H19Cl2N3O3/c1-12-9-13(2)25-21(24-12)26-16-5-4-6-17(11-16)29-20(27)14(3)28-19-8-7-15(22)10-18(19)23/h4-11,14H,1-3H3,(H,24,25,26). The summed E-state index contributed by atoms with van der Waals surface area (Å²) in [6, 6.07) is 13.6. The number of carbonyl (C=O) groups excluding carboxylic acids is 1. The monoisotopic (exact) mass is 431 g/mol. The molecule has 0 amide bonds. The van der Waals surface area contributed by atoms with Gasteiger partial charge in [0, 0.05) is 28.2 Å². The van der Waals surface area contributed by atoms with Crippen LogP contribution in [0.5, 0.6) is 11.5 Å². The molecule has 0 spiro atoms. The van der Waals surface area contributed by atoms with Gasteiger partial charge in [-0.3, -0.25) is 0 Å². The number of nitrogens with zero attached hydrogens (tertiary/aromatic N) is 2. The van der Waals surface area contributed by atoms with Gasteiger partial charge < -0.3 is 14.8 Å². The minimum atomic E-state index is -0.868. The van der Waals surface area contributed by atoms with Crippen molar-refractivity contribution in [2.24, 2.45) is 0 Å². The molecule has 3 rings (SSSR count). The molecule has 3 aromatic rings. The van der Waals surface area contributed by atoms with Gasteiger partial charge in [-0.25, -0.2) is 14.8 Å². The Balaban J connectivity index is 1.66. The third-order valence-electron chi connectivity index (χ3n) is 3.82. The molecule has 0 aliphatic rings. The molecule has 0 saturated carbocycles. The Labute approximate surface area is 178 Å². The zero-order chi connectivity index (χ0) is 21.0. The van der Waals surface area contributed by atoms with Crippen molar-refractivity contribution >= 4 is 40.8 Å². The number of rotatable bonds is 6. The summed E-state index contributed by atoms with van der Waals surface area (Å²) in [5, 5.41) is 3.90. The maximum Gasteiger partial charge on any atom is 0.352 e. The van der Waals surface area contributed by atoms with Crippen molar-refractivity contribution < 1.29 is 14.3 Å². The van der Waals surface area contributed by atoms with Crippen LogP contribution in [-0.2, 0) is 4.79 Å². The van der Waals surface area contributed by atoms with Crippen molar-refractivity contribution in [3.8, 4) is 11.5 Å². The fraction of sp³-hybridized carbons (Fsp3) is 0.190. The average molecular weight is 432 g/mol. The first-order chi connectivity index (χ1) is 13.8. The predicted molar refractivity (Wildman–Crippen MR) is 113 cm³/mol. The van der Waals surface area contributed by atoms with Crippen molar-refractivity contribution in [3.63, 3.8) is 0 Å². The first-order valence-corrected chi connectivity index (χ1v) is 9.58. The van der Waals surface area contributed by atoms with Crippen molar-refractivity contribution in [3.05, 3.63) is 70.0 Å². The molecule has 0 aliphatic heterocycles. The number of hydrogen-bond acceptors (Lipinski definition) is 6. The van der Waals surface area contributed by atoms with Crippen molar-refractivity contribution in [1.29, 1.82) is 0 Å². The molecule has 1 N–H and O–H groups in total. The molecule has 6 nitrogen and oxygen atoms in total. The highest BCUT2D eigenvalue weighted by Gasteiger charge is 2.19. The van der Waals surface area contributed by atoms with E-state index in [4.69, 9.17) is 32.7 Å². The number of nitrogens with one attached hydrogen (secondary N) is 1. The third-order valence-corrected chi connectivity index (χ3v) is 4.35. The smallest absolute Gasteiger partial charge is 0.352 e. The molecule has 1 aromatic heterocycles. The molecule has 8 heteroatoms. The lowest BCUT2D eigenvalue weighted by Crippen LogP contribution is -2.28. The van der Waals surface area contributed by atoms with E-state index in [1.807, 2.05) is 26.0 Å². The fourth-order valence-corrected chi connectivity index (χ4v) is 3.01. The van der Waals surface area contributed by atoms with Crippen molar-refractivity contribution in [2.45, 2.75) is 26.9 Å². The van der Waals surface area contributed by atoms with Gasteiger partial charge in [0.25, 0.3) is 0 Å². The number of carbonyl (C=O) groups is 1. The first-order valence-electron chi connectivity index (χ1n) is 8.83. The molecular weight excluding hydrogens is 413 g/mol. The van der Waals surface area contributed by atoms with Gasteiger partial charge in [-0.2, -0.15) is 0 Å². The number of anilines is 2. The van der Waals surface area contributed by atoms with Crippen LogP contribution < -0.4 is 14.8 Å². The van der Waals surface area contributed by atoms with Crippen LogP contribution in [0.15, 0.2) is 48.5 Å². The minimum Gasteiger partial charge on any atom is -0.477 e. The molecule has 1 unspecified atom stereocenters. The maximum absolute atomic E-state index is 12.4. The second-order valence-corrected chi connectivity index (χ2v) is 7.23. The first kappa shape index (κ1) is 20.9. The highest BCUT2D eigenvalue weighted by Crippen LogP contribution is 2.28. The Bertz CT molecular complexity index is 1020. The molecule has 1 atom stereocenters. The van der Waals surface area contributed by atoms with Crippen LogP contribution in [0.25, 0.3) is 0 Å². The lowest BCUT2D eigenvalue weighted by atomic mass is 10.3. The lowest BCUT2D eigenvalue weighted by Gasteiger charge is -2.15. The normalized spacial score (nSPS) is 11.6. The Morgan fingerprint density at radius 2 is 1.76 bits per heavy atom. The number of aryl methyl sites for hydroxylation is 2. The van der Waals surface area contributed by atoms with Gasteiger partial charge in [-0.05, 0) is 57.2 Å². The molecule has 0 aliphatic carbocycles. The van der Waals surface area contributed by atoms with E-state index in [-0.39, 0.29) is 0 Å². The van der Waals surface area contributed by atoms with Crippen molar-refractivity contribution in [1.82, 2.24) is 9.97 Å². The quantitative estimate of drug-likeness (QED) is 0.409. The SMILES string of the molecule is Cc1cc(C)nc(Nc2cccc(OC(=O)C(C)Oc3ccc(Cl)cc3Cl)c2)n1. The molecule has 29 heavy (non-hydrogen) atoms. The number of benzene rings is 2. The van der Waals surface area contributed by atoms with Gasteiger partial charge in [-0.15, -0.1) is 0 Å². The second kappa shape index (κ2) is 9.11. The molecular formula is C21H19Cl2N3O3. The summed E-state index contributed by atoms with van der Waals surface area (Å²) in [5.74, 6) is 0.626. The molecule has 2 aromatic carbocycles. The molecule has 1 heterocycles. The summed E-state index contributed by atoms with van der Waals surface area (Å²) in [6.07, 6.45) is -0.868. The number of aromatic nitrogens is 2. The van der Waals surface area contributed by atoms with Gasteiger partial charge >= 0.3 is 5.97 Å². The predicted octanol–water partition coefficient (Wildman–Crippen LogP) is 5.52. The summed E-state index contributed by atoms with van der Waals surface area (Å²) in [4.78, 5) is 21.1. The zero-order valence-corrected chi connectivity index (χ0v) is 17.6. The van der Waals surface area contributed by atoms with E-state index in [2.05, 4.69) is 15.3 Å². The summed E-state index contributed by atoms with van der Waals surface area (Å²) >= 11 is 11.9. The fourth-order valence-electron chi connectivity index (χ4n) is 2.56. The number of halogens is 2. The van der Waals surface area contributed by atoms with E-state index in [9.17, 15) is 4.79 Å². The Morgan fingerprint density at radius 1 is 1.03 bits per heavy atom. The number of hydrogen-bond donors (Lipinski definition) is 1. The topological polar surface area (TPSA) is 73.3 Å². The van der Waals surface area contributed by atoms with Crippen LogP contribution in [0, 0.1) is 13.8 Å². The summed E-state index contributed by atoms with van der Waals surface area (Å²) in [7, 11) is 0. The second-order valence-electron chi connectivity index (χ2n) is 6.38. The van der Waals surface area contributed by atoms with Crippen LogP contribution in [0.4, 0.5) is 11.6 Å². The Kier molecular flexibility index (Phi) is 6.56. The van der Waals surface area contributed by atoms with Crippen LogP contribution in [0.2, 0.25) is 10.0 Å². The van der Waals surface area contributed by atoms with Gasteiger partial charge in [-0.1, -0.05) is 29.3 Å². The van der Waals surface area contributed by atoms with E-state index in [0.29, 0.717) is 33.2 Å². The molecule has 0 radical (unpaired) electrons. The maximum atomic E-state index is 12.4. The van der Waals surface area contributed by atoms with E-state index in [1.54, 1.807) is 43.3 Å². The van der Waals surface area contributed by atoms with Gasteiger partial charge in [0.15, 0.2) is 6.10 Å². The van der Waals surface area contributed by atoms with Crippen LogP contribution in [0.3, 0.4) is 0 Å².